The van der Waals surface area contributed by atoms with Crippen molar-refractivity contribution < 1.29 is 17.1 Å². The zero-order valence-electron chi connectivity index (χ0n) is 7.04. The Balaban J connectivity index is 0. The molecule has 0 aliphatic rings. The SMILES string of the molecule is COCC[O][Al][O]CCOC.[NaH]. The number of hydrogen-bond donors (Lipinski definition) is 0. The summed E-state index contributed by atoms with van der Waals surface area (Å²) in [5, 5.41) is 0. The number of ether oxygens (including phenoxy) is 2. The first-order valence-electron chi connectivity index (χ1n) is 3.44. The summed E-state index contributed by atoms with van der Waals surface area (Å²) in [5.41, 5.74) is 0. The summed E-state index contributed by atoms with van der Waals surface area (Å²) in [6.07, 6.45) is 0. The van der Waals surface area contributed by atoms with Gasteiger partial charge in [-0.15, -0.1) is 0 Å². The molecule has 0 aromatic carbocycles. The summed E-state index contributed by atoms with van der Waals surface area (Å²) in [7, 11) is 3.29. The van der Waals surface area contributed by atoms with Crippen LogP contribution in [0.15, 0.2) is 0 Å². The Bertz CT molecular complexity index is 68.6. The second kappa shape index (κ2) is 14.9. The van der Waals surface area contributed by atoms with Crippen molar-refractivity contribution in [1.82, 2.24) is 0 Å². The second-order valence-electron chi connectivity index (χ2n) is 1.82. The summed E-state index contributed by atoms with van der Waals surface area (Å²) >= 11 is -0.349. The third-order valence-corrected chi connectivity index (χ3v) is 1.69. The molecule has 0 aliphatic heterocycles. The van der Waals surface area contributed by atoms with Gasteiger partial charge >= 0.3 is 45.4 Å². The van der Waals surface area contributed by atoms with E-state index < -0.39 is 0 Å². The van der Waals surface area contributed by atoms with Crippen LogP contribution in [0, 0.1) is 0 Å². The molecular formula is C6H15AlNaO4. The van der Waals surface area contributed by atoms with Gasteiger partial charge in [-0.05, 0) is 0 Å². The first-order chi connectivity index (χ1) is 5.41. The topological polar surface area (TPSA) is 36.9 Å². The van der Waals surface area contributed by atoms with E-state index in [1.165, 1.54) is 0 Å². The summed E-state index contributed by atoms with van der Waals surface area (Å²) in [4.78, 5) is 0. The molecule has 0 aromatic rings. The number of rotatable bonds is 8. The molecule has 1 radical (unpaired) electrons. The van der Waals surface area contributed by atoms with Crippen LogP contribution in [0.2, 0.25) is 0 Å². The van der Waals surface area contributed by atoms with Crippen molar-refractivity contribution in [2.24, 2.45) is 0 Å². The summed E-state index contributed by atoms with van der Waals surface area (Å²) in [6, 6.07) is 0. The van der Waals surface area contributed by atoms with Gasteiger partial charge in [-0.1, -0.05) is 0 Å². The van der Waals surface area contributed by atoms with Crippen LogP contribution in [0.1, 0.15) is 0 Å². The molecule has 0 spiro atoms. The van der Waals surface area contributed by atoms with Crippen molar-refractivity contribution in [2.75, 3.05) is 40.6 Å². The molecule has 0 N–H and O–H groups in total. The van der Waals surface area contributed by atoms with E-state index in [9.17, 15) is 0 Å². The van der Waals surface area contributed by atoms with E-state index in [1.807, 2.05) is 0 Å². The van der Waals surface area contributed by atoms with Gasteiger partial charge in [0, 0.05) is 27.4 Å². The second-order valence-corrected chi connectivity index (χ2v) is 2.68. The molecule has 0 unspecified atom stereocenters. The standard InChI is InChI=1S/2C3H7O2.Al.Na.H/c2*1-5-3-2-4;;;/h2*2-3H2,1H3;;;/q2*-1;+2;;. The first kappa shape index (κ1) is 15.8. The summed E-state index contributed by atoms with van der Waals surface area (Å²) in [6.45, 7) is 2.47. The van der Waals surface area contributed by atoms with Crippen LogP contribution in [-0.2, 0) is 17.1 Å². The molecule has 67 valence electrons. The van der Waals surface area contributed by atoms with Gasteiger partial charge in [-0.3, -0.25) is 0 Å². The average Bonchev–Trinajstić information content (AvgIpc) is 2.03. The quantitative estimate of drug-likeness (QED) is 0.380. The van der Waals surface area contributed by atoms with E-state index in [0.29, 0.717) is 26.4 Å². The van der Waals surface area contributed by atoms with Crippen molar-refractivity contribution in [3.8, 4) is 0 Å². The average molecular weight is 201 g/mol. The maximum absolute atomic E-state index is 5.10. The molecule has 6 heteroatoms. The fourth-order valence-corrected chi connectivity index (χ4v) is 0.888. The van der Waals surface area contributed by atoms with Crippen molar-refractivity contribution in [2.45, 2.75) is 0 Å². The van der Waals surface area contributed by atoms with E-state index in [1.54, 1.807) is 14.2 Å². The van der Waals surface area contributed by atoms with Crippen LogP contribution in [-0.4, -0.2) is 86.1 Å². The van der Waals surface area contributed by atoms with Gasteiger partial charge in [-0.2, -0.15) is 0 Å². The van der Waals surface area contributed by atoms with E-state index in [-0.39, 0.29) is 45.4 Å². The third kappa shape index (κ3) is 13.9. The Morgan fingerprint density at radius 2 is 1.25 bits per heavy atom. The Morgan fingerprint density at radius 1 is 0.833 bits per heavy atom. The van der Waals surface area contributed by atoms with Gasteiger partial charge in [0.05, 0.1) is 13.2 Å². The third-order valence-electron chi connectivity index (χ3n) is 0.947. The van der Waals surface area contributed by atoms with Gasteiger partial charge in [0.1, 0.15) is 0 Å². The molecule has 0 amide bonds. The zero-order valence-corrected chi connectivity index (χ0v) is 8.19. The monoisotopic (exact) mass is 201 g/mol. The van der Waals surface area contributed by atoms with Crippen LogP contribution >= 0.6 is 0 Å². The Hall–Kier alpha value is 1.37. The van der Waals surface area contributed by atoms with Gasteiger partial charge in [0.2, 0.25) is 0 Å². The molecule has 0 aromatic heterocycles. The van der Waals surface area contributed by atoms with Crippen molar-refractivity contribution >= 4 is 45.4 Å². The molecular weight excluding hydrogens is 186 g/mol. The van der Waals surface area contributed by atoms with Gasteiger partial charge in [0.25, 0.3) is 0 Å². The number of methoxy groups -OCH3 is 2. The van der Waals surface area contributed by atoms with Crippen LogP contribution < -0.4 is 0 Å². The van der Waals surface area contributed by atoms with Gasteiger partial charge < -0.3 is 17.1 Å². The van der Waals surface area contributed by atoms with E-state index in [0.717, 1.165) is 0 Å². The summed E-state index contributed by atoms with van der Waals surface area (Å²) in [5.74, 6) is 0. The fourth-order valence-electron chi connectivity index (χ4n) is 0.407. The minimum atomic E-state index is -0.349. The van der Waals surface area contributed by atoms with Crippen molar-refractivity contribution in [1.29, 1.82) is 0 Å². The Kier molecular flexibility index (Phi) is 19.6. The Morgan fingerprint density at radius 3 is 1.58 bits per heavy atom. The van der Waals surface area contributed by atoms with Crippen LogP contribution in [0.25, 0.3) is 0 Å². The first-order valence-corrected chi connectivity index (χ1v) is 4.39. The molecule has 0 aliphatic carbocycles. The van der Waals surface area contributed by atoms with Crippen molar-refractivity contribution in [3.05, 3.63) is 0 Å². The van der Waals surface area contributed by atoms with Crippen LogP contribution in [0.5, 0.6) is 0 Å². The predicted octanol–water partition coefficient (Wildman–Crippen LogP) is -0.802. The summed E-state index contributed by atoms with van der Waals surface area (Å²) < 4.78 is 19.8. The fraction of sp³-hybridized carbons (Fsp3) is 1.00. The molecule has 4 nitrogen and oxygen atoms in total. The molecule has 0 rings (SSSR count). The van der Waals surface area contributed by atoms with E-state index >= 15 is 0 Å². The van der Waals surface area contributed by atoms with Gasteiger partial charge in [-0.25, -0.2) is 0 Å². The number of hydrogen-bond acceptors (Lipinski definition) is 4. The molecule has 0 bridgehead atoms. The van der Waals surface area contributed by atoms with E-state index in [2.05, 4.69) is 0 Å². The minimum absolute atomic E-state index is 0. The van der Waals surface area contributed by atoms with E-state index in [4.69, 9.17) is 17.1 Å². The van der Waals surface area contributed by atoms with Gasteiger partial charge in [0.15, 0.2) is 0 Å². The molecule has 0 atom stereocenters. The molecule has 0 saturated carbocycles. The molecule has 0 heterocycles. The Labute approximate surface area is 103 Å². The predicted molar refractivity (Wildman–Crippen MR) is 48.6 cm³/mol. The normalized spacial score (nSPS) is 9.17. The molecule has 0 fully saturated rings. The molecule has 12 heavy (non-hydrogen) atoms. The van der Waals surface area contributed by atoms with Crippen molar-refractivity contribution in [3.63, 3.8) is 0 Å². The van der Waals surface area contributed by atoms with Crippen LogP contribution in [0.3, 0.4) is 0 Å². The molecule has 0 saturated heterocycles. The zero-order chi connectivity index (χ0) is 8.36. The van der Waals surface area contributed by atoms with Crippen LogP contribution in [0.4, 0.5) is 0 Å². The maximum atomic E-state index is 5.10.